The van der Waals surface area contributed by atoms with Gasteiger partial charge in [-0.3, -0.25) is 19.5 Å². The number of fused-ring (bicyclic) bond motifs is 1. The minimum absolute atomic E-state index is 0.0132. The van der Waals surface area contributed by atoms with Gasteiger partial charge in [0.1, 0.15) is 11.5 Å². The van der Waals surface area contributed by atoms with Crippen molar-refractivity contribution in [2.24, 2.45) is 0 Å². The molecule has 3 heterocycles. The van der Waals surface area contributed by atoms with Gasteiger partial charge in [-0.1, -0.05) is 29.9 Å². The van der Waals surface area contributed by atoms with Gasteiger partial charge in [-0.05, 0) is 66.6 Å². The molecule has 0 radical (unpaired) electrons. The summed E-state index contributed by atoms with van der Waals surface area (Å²) in [4.78, 5) is 36.5. The van der Waals surface area contributed by atoms with E-state index < -0.39 is 17.7 Å². The normalized spacial score (nSPS) is 17.3. The van der Waals surface area contributed by atoms with Crippen LogP contribution in [0.15, 0.2) is 72.6 Å². The van der Waals surface area contributed by atoms with E-state index in [1.807, 2.05) is 6.92 Å². The molecule has 1 saturated heterocycles. The second-order valence-electron chi connectivity index (χ2n) is 7.93. The molecule has 176 valence electrons. The first-order chi connectivity index (χ1) is 17.0. The highest BCUT2D eigenvalue weighted by atomic mass is 35.5. The summed E-state index contributed by atoms with van der Waals surface area (Å²) in [5, 5.41) is 12.1. The number of ether oxygens (including phenoxy) is 1. The van der Waals surface area contributed by atoms with E-state index in [0.29, 0.717) is 39.2 Å². The Kier molecular flexibility index (Phi) is 6.23. The van der Waals surface area contributed by atoms with Crippen LogP contribution < -0.4 is 9.64 Å². The van der Waals surface area contributed by atoms with Crippen LogP contribution in [0.3, 0.4) is 0 Å². The van der Waals surface area contributed by atoms with Gasteiger partial charge in [-0.15, -0.1) is 0 Å². The van der Waals surface area contributed by atoms with E-state index in [-0.39, 0.29) is 11.3 Å². The standard InChI is InChI=1S/C26H20ClN3O4S/c1-2-13-34-18-6-3-16(4-7-18)23(31)21-22(15-9-11-28-12-10-15)30(25(33)24(21)32)26-29-19-8-5-17(27)14-20(19)35-26/h3-12,14,22,31H,2,13H2,1H3. The van der Waals surface area contributed by atoms with Gasteiger partial charge in [-0.25, -0.2) is 4.98 Å². The monoisotopic (exact) mass is 505 g/mol. The maximum absolute atomic E-state index is 13.3. The van der Waals surface area contributed by atoms with Crippen molar-refractivity contribution < 1.29 is 19.4 Å². The van der Waals surface area contributed by atoms with E-state index in [1.165, 1.54) is 16.2 Å². The Morgan fingerprint density at radius 3 is 2.57 bits per heavy atom. The average Bonchev–Trinajstić information content (AvgIpc) is 3.40. The minimum Gasteiger partial charge on any atom is -0.507 e. The fourth-order valence-electron chi connectivity index (χ4n) is 3.96. The van der Waals surface area contributed by atoms with Gasteiger partial charge < -0.3 is 9.84 Å². The molecule has 5 rings (SSSR count). The Hall–Kier alpha value is -3.75. The molecule has 0 aliphatic carbocycles. The van der Waals surface area contributed by atoms with Crippen LogP contribution in [0.5, 0.6) is 5.75 Å². The molecule has 1 aliphatic heterocycles. The van der Waals surface area contributed by atoms with Crippen molar-refractivity contribution in [1.82, 2.24) is 9.97 Å². The predicted octanol–water partition coefficient (Wildman–Crippen LogP) is 5.76. The zero-order chi connectivity index (χ0) is 24.5. The molecule has 1 unspecified atom stereocenters. The smallest absolute Gasteiger partial charge is 0.301 e. The maximum atomic E-state index is 13.3. The SMILES string of the molecule is CCCOc1ccc(C(O)=C2C(=O)C(=O)N(c3nc4ccc(Cl)cc4s3)C2c2ccncc2)cc1. The lowest BCUT2D eigenvalue weighted by atomic mass is 9.96. The van der Waals surface area contributed by atoms with Gasteiger partial charge >= 0.3 is 5.91 Å². The third-order valence-electron chi connectivity index (χ3n) is 5.61. The van der Waals surface area contributed by atoms with Crippen molar-refractivity contribution in [3.63, 3.8) is 0 Å². The molecule has 2 aromatic carbocycles. The molecular formula is C26H20ClN3O4S. The van der Waals surface area contributed by atoms with E-state index in [0.717, 1.165) is 11.1 Å². The zero-order valence-corrected chi connectivity index (χ0v) is 20.2. The topological polar surface area (TPSA) is 92.6 Å². The number of anilines is 1. The Bertz CT molecular complexity index is 1450. The fourth-order valence-corrected chi connectivity index (χ4v) is 5.23. The summed E-state index contributed by atoms with van der Waals surface area (Å²) in [6.45, 7) is 2.59. The molecule has 1 amide bonds. The summed E-state index contributed by atoms with van der Waals surface area (Å²) in [6, 6.07) is 14.6. The van der Waals surface area contributed by atoms with Crippen LogP contribution in [0.25, 0.3) is 16.0 Å². The molecule has 4 aromatic rings. The molecular weight excluding hydrogens is 486 g/mol. The van der Waals surface area contributed by atoms with E-state index >= 15 is 0 Å². The third-order valence-corrected chi connectivity index (χ3v) is 6.86. The lowest BCUT2D eigenvalue weighted by molar-refractivity contribution is -0.132. The Morgan fingerprint density at radius 1 is 1.11 bits per heavy atom. The first-order valence-corrected chi connectivity index (χ1v) is 12.2. The van der Waals surface area contributed by atoms with E-state index in [9.17, 15) is 14.7 Å². The van der Waals surface area contributed by atoms with Gasteiger partial charge in [-0.2, -0.15) is 0 Å². The van der Waals surface area contributed by atoms with E-state index in [4.69, 9.17) is 16.3 Å². The number of amides is 1. The number of thiazole rings is 1. The number of nitrogens with zero attached hydrogens (tertiary/aromatic N) is 3. The second-order valence-corrected chi connectivity index (χ2v) is 9.38. The van der Waals surface area contributed by atoms with Gasteiger partial charge in [0.25, 0.3) is 5.78 Å². The Balaban J connectivity index is 1.64. The van der Waals surface area contributed by atoms with Crippen LogP contribution in [-0.2, 0) is 9.59 Å². The van der Waals surface area contributed by atoms with Crippen molar-refractivity contribution in [2.75, 3.05) is 11.5 Å². The number of hydrogen-bond acceptors (Lipinski definition) is 7. The van der Waals surface area contributed by atoms with Crippen molar-refractivity contribution in [3.05, 3.63) is 88.7 Å². The van der Waals surface area contributed by atoms with E-state index in [1.54, 1.807) is 67.0 Å². The Morgan fingerprint density at radius 2 is 1.86 bits per heavy atom. The number of rotatable bonds is 6. The summed E-state index contributed by atoms with van der Waals surface area (Å²) in [7, 11) is 0. The van der Waals surface area contributed by atoms with Gasteiger partial charge in [0, 0.05) is 23.0 Å². The largest absolute Gasteiger partial charge is 0.507 e. The molecule has 0 spiro atoms. The van der Waals surface area contributed by atoms with Crippen molar-refractivity contribution >= 4 is 55.7 Å². The fraction of sp³-hybridized carbons (Fsp3) is 0.154. The summed E-state index contributed by atoms with van der Waals surface area (Å²) in [6.07, 6.45) is 4.02. The predicted molar refractivity (Wildman–Crippen MR) is 136 cm³/mol. The molecule has 1 fully saturated rings. The number of aliphatic hydroxyl groups excluding tert-OH is 1. The molecule has 2 aromatic heterocycles. The summed E-state index contributed by atoms with van der Waals surface area (Å²) >= 11 is 7.38. The first-order valence-electron chi connectivity index (χ1n) is 11.0. The van der Waals surface area contributed by atoms with Crippen LogP contribution in [0.4, 0.5) is 5.13 Å². The molecule has 1 N–H and O–H groups in total. The first kappa shape index (κ1) is 23.0. The van der Waals surface area contributed by atoms with Gasteiger partial charge in [0.15, 0.2) is 5.13 Å². The summed E-state index contributed by atoms with van der Waals surface area (Å²) < 4.78 is 6.39. The molecule has 0 bridgehead atoms. The van der Waals surface area contributed by atoms with Crippen LogP contribution in [0, 0.1) is 0 Å². The number of aliphatic hydroxyl groups is 1. The summed E-state index contributed by atoms with van der Waals surface area (Å²) in [5.74, 6) is -1.16. The molecule has 1 aliphatic rings. The number of hydrogen-bond donors (Lipinski definition) is 1. The molecule has 0 saturated carbocycles. The molecule has 1 atom stereocenters. The van der Waals surface area contributed by atoms with Crippen molar-refractivity contribution in [1.29, 1.82) is 0 Å². The van der Waals surface area contributed by atoms with Crippen LogP contribution >= 0.6 is 22.9 Å². The highest BCUT2D eigenvalue weighted by Crippen LogP contribution is 2.44. The van der Waals surface area contributed by atoms with Crippen LogP contribution in [0.2, 0.25) is 5.02 Å². The maximum Gasteiger partial charge on any atom is 0.301 e. The van der Waals surface area contributed by atoms with Gasteiger partial charge in [0.05, 0.1) is 28.4 Å². The molecule has 35 heavy (non-hydrogen) atoms. The number of ketones is 1. The quantitative estimate of drug-likeness (QED) is 0.203. The van der Waals surface area contributed by atoms with Crippen LogP contribution in [0.1, 0.15) is 30.5 Å². The number of carbonyl (C=O) groups is 2. The van der Waals surface area contributed by atoms with Gasteiger partial charge in [0.2, 0.25) is 0 Å². The van der Waals surface area contributed by atoms with Crippen molar-refractivity contribution in [2.45, 2.75) is 19.4 Å². The number of carbonyl (C=O) groups excluding carboxylic acids is 2. The molecule has 9 heteroatoms. The zero-order valence-electron chi connectivity index (χ0n) is 18.6. The van der Waals surface area contributed by atoms with Crippen molar-refractivity contribution in [3.8, 4) is 5.75 Å². The lowest BCUT2D eigenvalue weighted by Crippen LogP contribution is -2.29. The minimum atomic E-state index is -0.870. The lowest BCUT2D eigenvalue weighted by Gasteiger charge is -2.22. The Labute approximate surface area is 210 Å². The van der Waals surface area contributed by atoms with Crippen LogP contribution in [-0.4, -0.2) is 33.4 Å². The number of benzene rings is 2. The van der Waals surface area contributed by atoms with E-state index in [2.05, 4.69) is 9.97 Å². The number of aromatic nitrogens is 2. The average molecular weight is 506 g/mol. The molecule has 7 nitrogen and oxygen atoms in total. The number of pyridine rings is 1. The number of halogens is 1. The highest BCUT2D eigenvalue weighted by molar-refractivity contribution is 7.22. The summed E-state index contributed by atoms with van der Waals surface area (Å²) in [5.41, 5.74) is 1.68. The number of Topliss-reactive ketones (excluding diaryl/α,β-unsaturated/α-hetero) is 1. The third kappa shape index (κ3) is 4.26. The second kappa shape index (κ2) is 9.48. The highest BCUT2D eigenvalue weighted by Gasteiger charge is 2.48.